The Bertz CT molecular complexity index is 1650. The Morgan fingerprint density at radius 2 is 1.63 bits per heavy atom. The molecule has 0 spiro atoms. The van der Waals surface area contributed by atoms with Gasteiger partial charge in [0, 0.05) is 32.2 Å². The highest BCUT2D eigenvalue weighted by Gasteiger charge is 2.69. The Kier molecular flexibility index (Phi) is 11.8. The quantitative estimate of drug-likeness (QED) is 0.225. The van der Waals surface area contributed by atoms with Gasteiger partial charge < -0.3 is 26.2 Å². The van der Waals surface area contributed by atoms with E-state index in [1.807, 2.05) is 27.7 Å². The maximum Gasteiger partial charge on any atom is 0.315 e. The third-order valence-electron chi connectivity index (χ3n) is 11.9. The van der Waals surface area contributed by atoms with Crippen LogP contribution in [0.1, 0.15) is 99.0 Å². The van der Waals surface area contributed by atoms with E-state index in [-0.39, 0.29) is 60.0 Å². The maximum atomic E-state index is 14.7. The van der Waals surface area contributed by atoms with Gasteiger partial charge in [-0.3, -0.25) is 19.2 Å². The zero-order valence-electron chi connectivity index (χ0n) is 31.8. The Labute approximate surface area is 308 Å². The Morgan fingerprint density at radius 1 is 0.962 bits per heavy atom. The lowest BCUT2D eigenvalue weighted by molar-refractivity contribution is -0.144. The number of nitrogens with zero attached hydrogens (tertiary/aromatic N) is 2. The molecule has 2 aliphatic carbocycles. The topological polar surface area (TPSA) is 174 Å². The van der Waals surface area contributed by atoms with Crippen molar-refractivity contribution in [3.05, 3.63) is 29.8 Å². The molecule has 3 fully saturated rings. The number of likely N-dealkylation sites (N-methyl/N-ethyl adjacent to an activating group) is 1. The van der Waals surface area contributed by atoms with E-state index < -0.39 is 63.2 Å². The number of rotatable bonds is 13. The lowest BCUT2D eigenvalue weighted by atomic mass is 9.83. The lowest BCUT2D eigenvalue weighted by Gasteiger charge is -2.38. The number of sulfonamides is 1. The largest absolute Gasteiger partial charge is 0.350 e. The van der Waals surface area contributed by atoms with Gasteiger partial charge in [-0.05, 0) is 66.4 Å². The molecule has 0 aromatic heterocycles. The van der Waals surface area contributed by atoms with Crippen molar-refractivity contribution in [3.63, 3.8) is 0 Å². The SMILES string of the molecule is CCCC(NC(=O)[C@@H]1[C@@H]2[C@H](CN1C(=O)[C@@H](NC(=O)N[C@H](CN1Cc3ccccc3S1(=O)=O)C(C)(C)C)C1CCCCC1)C2(C)C)C(=O)C(=O)NCC. The normalized spacial score (nSPS) is 25.2. The minimum absolute atomic E-state index is 0.0523. The van der Waals surface area contributed by atoms with E-state index in [9.17, 15) is 32.4 Å². The molecule has 1 aromatic rings. The number of fused-ring (bicyclic) bond motifs is 2. The lowest BCUT2D eigenvalue weighted by Crippen LogP contribution is -2.61. The smallest absolute Gasteiger partial charge is 0.315 e. The molecule has 288 valence electrons. The van der Waals surface area contributed by atoms with Crippen LogP contribution in [0.15, 0.2) is 29.2 Å². The number of nitrogens with one attached hydrogen (secondary N) is 4. The molecule has 14 heteroatoms. The highest BCUT2D eigenvalue weighted by molar-refractivity contribution is 7.89. The van der Waals surface area contributed by atoms with E-state index in [1.165, 1.54) is 4.31 Å². The van der Waals surface area contributed by atoms with Crippen molar-refractivity contribution in [1.82, 2.24) is 30.5 Å². The molecule has 52 heavy (non-hydrogen) atoms. The fourth-order valence-corrected chi connectivity index (χ4v) is 10.3. The zero-order valence-corrected chi connectivity index (χ0v) is 32.6. The van der Waals surface area contributed by atoms with Crippen LogP contribution in [0, 0.1) is 28.6 Å². The van der Waals surface area contributed by atoms with Crippen LogP contribution in [0.2, 0.25) is 0 Å². The summed E-state index contributed by atoms with van der Waals surface area (Å²) >= 11 is 0. The molecule has 13 nitrogen and oxygen atoms in total. The summed E-state index contributed by atoms with van der Waals surface area (Å²) in [5.41, 5.74) is -0.0107. The van der Waals surface area contributed by atoms with E-state index in [0.717, 1.165) is 32.1 Å². The van der Waals surface area contributed by atoms with Crippen molar-refractivity contribution < 1.29 is 32.4 Å². The standard InChI is InChI=1S/C38H58N6O7S/c1-8-15-26(32(45)34(47)39-9-2)40-33(46)31-29-25(38(29,6)7)21-44(31)35(48)30(23-16-11-10-12-17-23)42-36(49)41-28(37(3,4)5)22-43-20-24-18-13-14-19-27(24)52(43,50)51/h13-14,18-19,23,25-26,28-31H,8-12,15-17,20-22H2,1-7H3,(H,39,47)(H,40,46)(H2,41,42,49)/t25-,26?,28+,29-,30-,31-/m0/s1. The van der Waals surface area contributed by atoms with Gasteiger partial charge in [0.2, 0.25) is 27.6 Å². The predicted octanol–water partition coefficient (Wildman–Crippen LogP) is 3.33. The number of ketones is 1. The van der Waals surface area contributed by atoms with Gasteiger partial charge in [0.15, 0.2) is 0 Å². The van der Waals surface area contributed by atoms with Crippen LogP contribution < -0.4 is 21.3 Å². The van der Waals surface area contributed by atoms with E-state index in [0.29, 0.717) is 18.5 Å². The first-order chi connectivity index (χ1) is 24.4. The average molecular weight is 743 g/mol. The zero-order chi connectivity index (χ0) is 38.2. The molecule has 2 heterocycles. The van der Waals surface area contributed by atoms with Crippen molar-refractivity contribution in [3.8, 4) is 0 Å². The van der Waals surface area contributed by atoms with Crippen molar-refractivity contribution >= 4 is 39.6 Å². The second kappa shape index (κ2) is 15.5. The molecule has 6 atom stereocenters. The van der Waals surface area contributed by atoms with Crippen molar-refractivity contribution in [1.29, 1.82) is 0 Å². The van der Waals surface area contributed by atoms with Crippen LogP contribution >= 0.6 is 0 Å². The highest BCUT2D eigenvalue weighted by atomic mass is 32.2. The summed E-state index contributed by atoms with van der Waals surface area (Å²) in [4.78, 5) is 70.0. The molecule has 0 bridgehead atoms. The van der Waals surface area contributed by atoms with Gasteiger partial charge in [-0.2, -0.15) is 4.31 Å². The molecule has 1 unspecified atom stereocenters. The van der Waals surface area contributed by atoms with Crippen LogP contribution in [-0.4, -0.2) is 91.0 Å². The molecule has 1 aromatic carbocycles. The Morgan fingerprint density at radius 3 is 2.25 bits per heavy atom. The minimum atomic E-state index is -3.73. The van der Waals surface area contributed by atoms with Gasteiger partial charge in [0.05, 0.1) is 10.9 Å². The summed E-state index contributed by atoms with van der Waals surface area (Å²) in [6.45, 7) is 14.4. The third kappa shape index (κ3) is 8.02. The first kappa shape index (κ1) is 39.7. The molecule has 2 saturated carbocycles. The summed E-state index contributed by atoms with van der Waals surface area (Å²) in [6.07, 6.45) is 5.20. The van der Waals surface area contributed by atoms with Crippen LogP contribution in [0.3, 0.4) is 0 Å². The van der Waals surface area contributed by atoms with Crippen molar-refractivity contribution in [2.45, 2.75) is 129 Å². The molecule has 1 saturated heterocycles. The number of piperidine rings is 1. The second-order valence-corrected chi connectivity index (χ2v) is 18.7. The Hall–Kier alpha value is -3.52. The number of likely N-dealkylation sites (tertiary alicyclic amines) is 1. The van der Waals surface area contributed by atoms with E-state index in [2.05, 4.69) is 35.1 Å². The first-order valence-corrected chi connectivity index (χ1v) is 20.4. The monoisotopic (exact) mass is 742 g/mol. The predicted molar refractivity (Wildman–Crippen MR) is 196 cm³/mol. The molecule has 0 radical (unpaired) electrons. The maximum absolute atomic E-state index is 14.7. The van der Waals surface area contributed by atoms with Gasteiger partial charge in [0.1, 0.15) is 12.1 Å². The number of carbonyl (C=O) groups is 5. The molecule has 4 N–H and O–H groups in total. The summed E-state index contributed by atoms with van der Waals surface area (Å²) in [7, 11) is -3.73. The third-order valence-corrected chi connectivity index (χ3v) is 13.8. The molecule has 2 aliphatic heterocycles. The summed E-state index contributed by atoms with van der Waals surface area (Å²) < 4.78 is 28.2. The summed E-state index contributed by atoms with van der Waals surface area (Å²) in [5, 5.41) is 11.4. The summed E-state index contributed by atoms with van der Waals surface area (Å²) in [6, 6.07) is 2.97. The number of hydrogen-bond acceptors (Lipinski definition) is 7. The highest BCUT2D eigenvalue weighted by Crippen LogP contribution is 2.65. The molecule has 4 aliphatic rings. The van der Waals surface area contributed by atoms with Gasteiger partial charge in [-0.25, -0.2) is 13.2 Å². The number of carbonyl (C=O) groups excluding carboxylic acids is 5. The van der Waals surface area contributed by atoms with Crippen LogP contribution in [0.4, 0.5) is 4.79 Å². The van der Waals surface area contributed by atoms with Crippen LogP contribution in [0.25, 0.3) is 0 Å². The molecular formula is C38H58N6O7S. The van der Waals surface area contributed by atoms with E-state index in [4.69, 9.17) is 0 Å². The van der Waals surface area contributed by atoms with Gasteiger partial charge in [-0.1, -0.05) is 85.4 Å². The number of hydrogen-bond donors (Lipinski definition) is 4. The summed E-state index contributed by atoms with van der Waals surface area (Å²) in [5.74, 6) is -2.46. The first-order valence-electron chi connectivity index (χ1n) is 19.0. The Balaban J connectivity index is 1.35. The van der Waals surface area contributed by atoms with Gasteiger partial charge >= 0.3 is 6.03 Å². The fourth-order valence-electron chi connectivity index (χ4n) is 8.60. The minimum Gasteiger partial charge on any atom is -0.350 e. The van der Waals surface area contributed by atoms with Gasteiger partial charge in [-0.15, -0.1) is 0 Å². The molecular weight excluding hydrogens is 685 g/mol. The average Bonchev–Trinajstić information content (AvgIpc) is 3.35. The van der Waals surface area contributed by atoms with Crippen molar-refractivity contribution in [2.75, 3.05) is 19.6 Å². The number of amides is 5. The van der Waals surface area contributed by atoms with E-state index >= 15 is 0 Å². The van der Waals surface area contributed by atoms with Crippen LogP contribution in [0.5, 0.6) is 0 Å². The van der Waals surface area contributed by atoms with Crippen LogP contribution in [-0.2, 0) is 35.7 Å². The fraction of sp³-hybridized carbons (Fsp3) is 0.711. The van der Waals surface area contributed by atoms with Gasteiger partial charge in [0.25, 0.3) is 5.91 Å². The number of benzene rings is 1. The number of Topliss-reactive ketones (excluding diaryl/α,β-unsaturated/α-hetero) is 1. The molecule has 5 amide bonds. The van der Waals surface area contributed by atoms with E-state index in [1.54, 1.807) is 36.1 Å². The number of urea groups is 1. The van der Waals surface area contributed by atoms with Crippen molar-refractivity contribution in [2.24, 2.45) is 28.6 Å². The molecule has 5 rings (SSSR count). The second-order valence-electron chi connectivity index (χ2n) is 16.8.